The first-order chi connectivity index (χ1) is 14.8. The average molecular weight is 430 g/mol. The summed E-state index contributed by atoms with van der Waals surface area (Å²) in [6.45, 7) is 2.72. The summed E-state index contributed by atoms with van der Waals surface area (Å²) in [5.41, 5.74) is 0.863. The molecule has 2 aromatic carbocycles. The lowest BCUT2D eigenvalue weighted by molar-refractivity contribution is -0.137. The van der Waals surface area contributed by atoms with Crippen LogP contribution in [0.2, 0.25) is 0 Å². The number of anilines is 1. The molecule has 4 rings (SSSR count). The van der Waals surface area contributed by atoms with Crippen LogP contribution in [0.5, 0.6) is 0 Å². The van der Waals surface area contributed by atoms with Crippen LogP contribution in [-0.4, -0.2) is 39.9 Å². The van der Waals surface area contributed by atoms with Gasteiger partial charge >= 0.3 is 12.2 Å². The summed E-state index contributed by atoms with van der Waals surface area (Å²) < 4.78 is 46.1. The topological polar surface area (TPSA) is 59.4 Å². The highest BCUT2D eigenvalue weighted by Gasteiger charge is 2.31. The van der Waals surface area contributed by atoms with Crippen molar-refractivity contribution in [3.05, 3.63) is 78.1 Å². The lowest BCUT2D eigenvalue weighted by Crippen LogP contribution is -2.47. The van der Waals surface area contributed by atoms with E-state index in [9.17, 15) is 18.0 Å². The second kappa shape index (κ2) is 8.43. The molecular weight excluding hydrogens is 409 g/mol. The quantitative estimate of drug-likeness (QED) is 0.644. The van der Waals surface area contributed by atoms with Crippen molar-refractivity contribution in [1.82, 2.24) is 14.7 Å². The molecule has 1 saturated heterocycles. The monoisotopic (exact) mass is 430 g/mol. The van der Waals surface area contributed by atoms with E-state index in [4.69, 9.17) is 4.74 Å². The molecule has 31 heavy (non-hydrogen) atoms. The number of ether oxygens (including phenoxy) is 1. The van der Waals surface area contributed by atoms with Gasteiger partial charge in [-0.05, 0) is 30.7 Å². The minimum atomic E-state index is -4.44. The van der Waals surface area contributed by atoms with Gasteiger partial charge in [-0.3, -0.25) is 0 Å². The zero-order valence-corrected chi connectivity index (χ0v) is 16.7. The highest BCUT2D eigenvalue weighted by molar-refractivity contribution is 5.89. The van der Waals surface area contributed by atoms with Crippen LogP contribution in [0.4, 0.5) is 23.7 Å². The van der Waals surface area contributed by atoms with Gasteiger partial charge in [-0.2, -0.15) is 18.3 Å². The summed E-state index contributed by atoms with van der Waals surface area (Å²) in [6.07, 6.45) is -1.94. The van der Waals surface area contributed by atoms with Crippen LogP contribution >= 0.6 is 0 Å². The normalized spacial score (nSPS) is 19.3. The number of benzene rings is 2. The van der Waals surface area contributed by atoms with Crippen molar-refractivity contribution < 1.29 is 22.7 Å². The molecular formula is C22H21F3N4O2. The van der Waals surface area contributed by atoms with Gasteiger partial charge in [-0.15, -0.1) is 0 Å². The van der Waals surface area contributed by atoms with Crippen molar-refractivity contribution in [2.45, 2.75) is 25.3 Å². The number of hydrogen-bond donors (Lipinski definition) is 1. The molecule has 1 aromatic heterocycles. The molecule has 6 nitrogen and oxygen atoms in total. The number of amides is 2. The number of urea groups is 1. The molecule has 3 aromatic rings. The Morgan fingerprint density at radius 2 is 1.90 bits per heavy atom. The molecule has 0 aliphatic carbocycles. The molecule has 2 atom stereocenters. The highest BCUT2D eigenvalue weighted by Crippen LogP contribution is 2.30. The molecule has 9 heteroatoms. The van der Waals surface area contributed by atoms with Crippen LogP contribution < -0.4 is 5.32 Å². The molecule has 1 aliphatic heterocycles. The predicted octanol–water partition coefficient (Wildman–Crippen LogP) is 4.89. The molecule has 0 bridgehead atoms. The van der Waals surface area contributed by atoms with Crippen molar-refractivity contribution in [2.24, 2.45) is 0 Å². The zero-order valence-electron chi connectivity index (χ0n) is 16.7. The van der Waals surface area contributed by atoms with E-state index in [0.717, 1.165) is 17.7 Å². The van der Waals surface area contributed by atoms with Gasteiger partial charge in [0.25, 0.3) is 0 Å². The molecule has 1 N–H and O–H groups in total. The van der Waals surface area contributed by atoms with E-state index in [0.29, 0.717) is 18.8 Å². The van der Waals surface area contributed by atoms with Gasteiger partial charge in [0.1, 0.15) is 6.10 Å². The first kappa shape index (κ1) is 20.9. The third-order valence-corrected chi connectivity index (χ3v) is 4.99. The zero-order chi connectivity index (χ0) is 22.0. The molecule has 2 heterocycles. The minimum absolute atomic E-state index is 0.141. The summed E-state index contributed by atoms with van der Waals surface area (Å²) >= 11 is 0. The number of hydrogen-bond acceptors (Lipinski definition) is 3. The number of nitrogens with zero attached hydrogens (tertiary/aromatic N) is 3. The van der Waals surface area contributed by atoms with Crippen LogP contribution in [0.25, 0.3) is 5.69 Å². The highest BCUT2D eigenvalue weighted by atomic mass is 19.4. The van der Waals surface area contributed by atoms with Gasteiger partial charge in [0.05, 0.1) is 42.0 Å². The van der Waals surface area contributed by atoms with Crippen LogP contribution in [-0.2, 0) is 10.9 Å². The van der Waals surface area contributed by atoms with E-state index in [-0.39, 0.29) is 23.9 Å². The summed E-state index contributed by atoms with van der Waals surface area (Å²) in [4.78, 5) is 14.5. The summed E-state index contributed by atoms with van der Waals surface area (Å²) in [5, 5.41) is 6.84. The minimum Gasteiger partial charge on any atom is -0.367 e. The number of aromatic nitrogens is 2. The molecule has 0 spiro atoms. The van der Waals surface area contributed by atoms with E-state index in [1.165, 1.54) is 29.2 Å². The number of alkyl halides is 3. The van der Waals surface area contributed by atoms with Crippen molar-refractivity contribution in [3.8, 4) is 5.69 Å². The number of halogens is 3. The van der Waals surface area contributed by atoms with Gasteiger partial charge < -0.3 is 15.0 Å². The lowest BCUT2D eigenvalue weighted by Gasteiger charge is -2.36. The second-order valence-corrected chi connectivity index (χ2v) is 7.40. The standard InChI is InChI=1S/C22H21F3N4O2/c1-15-12-28(14-20(31-15)16-6-3-2-4-7-16)21(30)27-18-11-26-29(13-18)19-9-5-8-17(10-19)22(23,24)25/h2-11,13,15,20H,12,14H2,1H3,(H,27,30). The Balaban J connectivity index is 1.45. The number of nitrogens with one attached hydrogen (secondary N) is 1. The van der Waals surface area contributed by atoms with Crippen LogP contribution in [0.3, 0.4) is 0 Å². The van der Waals surface area contributed by atoms with E-state index in [2.05, 4.69) is 10.4 Å². The molecule has 2 unspecified atom stereocenters. The summed E-state index contributed by atoms with van der Waals surface area (Å²) in [6, 6.07) is 14.2. The van der Waals surface area contributed by atoms with Gasteiger partial charge in [0, 0.05) is 6.54 Å². The maximum absolute atomic E-state index is 13.0. The van der Waals surface area contributed by atoms with E-state index in [1.807, 2.05) is 37.3 Å². The van der Waals surface area contributed by atoms with E-state index in [1.54, 1.807) is 4.90 Å². The van der Waals surface area contributed by atoms with Crippen molar-refractivity contribution >= 4 is 11.7 Å². The fourth-order valence-corrected chi connectivity index (χ4v) is 3.52. The molecule has 0 radical (unpaired) electrons. The smallest absolute Gasteiger partial charge is 0.367 e. The summed E-state index contributed by atoms with van der Waals surface area (Å²) in [7, 11) is 0. The Kier molecular flexibility index (Phi) is 5.69. The lowest BCUT2D eigenvalue weighted by atomic mass is 10.1. The number of carbonyl (C=O) groups is 1. The SMILES string of the molecule is CC1CN(C(=O)Nc2cnn(-c3cccc(C(F)(F)F)c3)c2)CC(c2ccccc2)O1. The maximum Gasteiger partial charge on any atom is 0.416 e. The fourth-order valence-electron chi connectivity index (χ4n) is 3.52. The Hall–Kier alpha value is -3.33. The summed E-state index contributed by atoms with van der Waals surface area (Å²) in [5.74, 6) is 0. The first-order valence-corrected chi connectivity index (χ1v) is 9.78. The fraction of sp³-hybridized carbons (Fsp3) is 0.273. The predicted molar refractivity (Wildman–Crippen MR) is 109 cm³/mol. The second-order valence-electron chi connectivity index (χ2n) is 7.40. The number of carbonyl (C=O) groups excluding carboxylic acids is 1. The maximum atomic E-state index is 13.0. The van der Waals surface area contributed by atoms with Crippen molar-refractivity contribution in [3.63, 3.8) is 0 Å². The van der Waals surface area contributed by atoms with Gasteiger partial charge in [-0.25, -0.2) is 9.48 Å². The number of rotatable bonds is 3. The van der Waals surface area contributed by atoms with Crippen LogP contribution in [0.1, 0.15) is 24.2 Å². The third-order valence-electron chi connectivity index (χ3n) is 4.99. The molecule has 1 aliphatic rings. The molecule has 162 valence electrons. The number of morpholine rings is 1. The molecule has 1 fully saturated rings. The van der Waals surface area contributed by atoms with E-state index >= 15 is 0 Å². The first-order valence-electron chi connectivity index (χ1n) is 9.78. The Labute approximate surface area is 177 Å². The van der Waals surface area contributed by atoms with Gasteiger partial charge in [0.2, 0.25) is 0 Å². The Morgan fingerprint density at radius 1 is 1.13 bits per heavy atom. The van der Waals surface area contributed by atoms with Crippen LogP contribution in [0, 0.1) is 0 Å². The van der Waals surface area contributed by atoms with Crippen LogP contribution in [0.15, 0.2) is 67.0 Å². The Bertz CT molecular complexity index is 1050. The van der Waals surface area contributed by atoms with Gasteiger partial charge in [0.15, 0.2) is 0 Å². The third kappa shape index (κ3) is 4.88. The average Bonchev–Trinajstić information content (AvgIpc) is 3.22. The molecule has 0 saturated carbocycles. The Morgan fingerprint density at radius 3 is 2.65 bits per heavy atom. The largest absolute Gasteiger partial charge is 0.416 e. The van der Waals surface area contributed by atoms with Crippen molar-refractivity contribution in [1.29, 1.82) is 0 Å². The molecule has 2 amide bonds. The van der Waals surface area contributed by atoms with Gasteiger partial charge in [-0.1, -0.05) is 36.4 Å². The van der Waals surface area contributed by atoms with E-state index < -0.39 is 11.7 Å². The van der Waals surface area contributed by atoms with Crippen molar-refractivity contribution in [2.75, 3.05) is 18.4 Å².